The predicted molar refractivity (Wildman–Crippen MR) is 68.4 cm³/mol. The molecule has 0 saturated carbocycles. The first-order valence-electron chi connectivity index (χ1n) is 5.82. The highest BCUT2D eigenvalue weighted by molar-refractivity contribution is 6.08. The molecule has 0 bridgehead atoms. The average molecular weight is 223 g/mol. The zero-order valence-electron chi connectivity index (χ0n) is 9.97. The fourth-order valence-electron chi connectivity index (χ4n) is 2.08. The van der Waals surface area contributed by atoms with Gasteiger partial charge in [0.05, 0.1) is 6.93 Å². The molecule has 0 aromatic heterocycles. The molecule has 1 N–H and O–H groups in total. The van der Waals surface area contributed by atoms with Crippen LogP contribution in [0.1, 0.15) is 11.7 Å². The number of rotatable bonds is 1. The molecule has 2 heteroatoms. The lowest BCUT2D eigenvalue weighted by Crippen LogP contribution is -1.96. The summed E-state index contributed by atoms with van der Waals surface area (Å²) < 4.78 is 7.71. The van der Waals surface area contributed by atoms with Crippen molar-refractivity contribution in [1.29, 1.82) is 0 Å². The molecule has 3 aromatic rings. The van der Waals surface area contributed by atoms with Gasteiger partial charge in [-0.25, -0.2) is 4.79 Å². The van der Waals surface area contributed by atoms with Crippen LogP contribution in [-0.4, -0.2) is 11.1 Å². The van der Waals surface area contributed by atoms with E-state index in [1.165, 1.54) is 6.07 Å². The Kier molecular flexibility index (Phi) is 1.85. The highest BCUT2D eigenvalue weighted by Crippen LogP contribution is 2.25. The number of aromatic carboxylic acids is 1. The Bertz CT molecular complexity index is 778. The molecule has 0 unspecified atom stereocenters. The van der Waals surface area contributed by atoms with Crippen LogP contribution in [0.25, 0.3) is 21.5 Å². The number of fused-ring (bicyclic) bond motifs is 2. The number of carboxylic acids is 1. The third-order valence-corrected chi connectivity index (χ3v) is 2.89. The molecule has 0 amide bonds. The second-order valence-corrected chi connectivity index (χ2v) is 3.94. The van der Waals surface area contributed by atoms with E-state index in [4.69, 9.17) is 1.37 Å². The number of carbonyl (C=O) groups is 1. The summed E-state index contributed by atoms with van der Waals surface area (Å²) in [5, 5.41) is 12.7. The van der Waals surface area contributed by atoms with E-state index in [1.807, 2.05) is 36.4 Å². The Labute approximate surface area is 99.5 Å². The second-order valence-electron chi connectivity index (χ2n) is 3.94. The average Bonchev–Trinajstić information content (AvgIpc) is 2.36. The van der Waals surface area contributed by atoms with Gasteiger partial charge in [0.15, 0.2) is 0 Å². The maximum Gasteiger partial charge on any atom is 0.336 e. The van der Waals surface area contributed by atoms with Gasteiger partial charge in [0.2, 0.25) is 0 Å². The molecule has 0 saturated heterocycles. The van der Waals surface area contributed by atoms with Crippen molar-refractivity contribution in [3.63, 3.8) is 0 Å². The van der Waals surface area contributed by atoms with E-state index in [9.17, 15) is 9.90 Å². The van der Waals surface area contributed by atoms with Crippen LogP contribution in [0.5, 0.6) is 0 Å². The first-order valence-corrected chi connectivity index (χ1v) is 5.32. The van der Waals surface area contributed by atoms with Crippen molar-refractivity contribution in [2.75, 3.05) is 0 Å². The maximum atomic E-state index is 11.3. The summed E-state index contributed by atoms with van der Waals surface area (Å²) in [4.78, 5) is 11.3. The summed E-state index contributed by atoms with van der Waals surface area (Å²) in [5.41, 5.74) is 0.0678. The van der Waals surface area contributed by atoms with Gasteiger partial charge >= 0.3 is 5.97 Å². The molecule has 0 fully saturated rings. The van der Waals surface area contributed by atoms with Crippen LogP contribution in [0.15, 0.2) is 54.6 Å². The maximum absolute atomic E-state index is 11.3. The topological polar surface area (TPSA) is 37.3 Å². The highest BCUT2D eigenvalue weighted by atomic mass is 16.4. The van der Waals surface area contributed by atoms with Crippen LogP contribution >= 0.6 is 0 Å². The smallest absolute Gasteiger partial charge is 0.336 e. The minimum absolute atomic E-state index is 0.0466. The number of hydrogen-bond acceptors (Lipinski definition) is 1. The minimum Gasteiger partial charge on any atom is -0.478 e. The molecule has 2 nitrogen and oxygen atoms in total. The lowest BCUT2D eigenvalue weighted by molar-refractivity contribution is 0.0699. The van der Waals surface area contributed by atoms with Gasteiger partial charge < -0.3 is 5.11 Å². The molecule has 0 aliphatic heterocycles. The Morgan fingerprint density at radius 3 is 2.35 bits per heavy atom. The van der Waals surface area contributed by atoms with Gasteiger partial charge in [0, 0.05) is 0 Å². The van der Waals surface area contributed by atoms with Crippen molar-refractivity contribution >= 4 is 27.5 Å². The summed E-state index contributed by atoms with van der Waals surface area (Å²) in [6, 6.07) is 15.0. The molecular weight excluding hydrogens is 212 g/mol. The quantitative estimate of drug-likeness (QED) is 0.639. The summed E-state index contributed by atoms with van der Waals surface area (Å²) in [7, 11) is 0. The summed E-state index contributed by atoms with van der Waals surface area (Å²) in [6.07, 6.45) is 0. The van der Waals surface area contributed by atoms with Gasteiger partial charge in [-0.05, 0) is 39.7 Å². The van der Waals surface area contributed by atoms with E-state index in [0.717, 1.165) is 16.2 Å². The lowest BCUT2D eigenvalue weighted by atomic mass is 10.00. The van der Waals surface area contributed by atoms with Crippen LogP contribution < -0.4 is 0 Å². The molecule has 0 radical (unpaired) electrons. The number of hydrogen-bond donors (Lipinski definition) is 1. The van der Waals surface area contributed by atoms with E-state index < -0.39 is 5.97 Å². The molecule has 0 aliphatic carbocycles. The minimum atomic E-state index is -1.05. The van der Waals surface area contributed by atoms with Gasteiger partial charge in [-0.15, -0.1) is 0 Å². The zero-order valence-corrected chi connectivity index (χ0v) is 8.97. The predicted octanol–water partition coefficient (Wildman–Crippen LogP) is 3.69. The van der Waals surface area contributed by atoms with Gasteiger partial charge in [-0.1, -0.05) is 36.4 Å². The van der Waals surface area contributed by atoms with E-state index in [2.05, 4.69) is 0 Å². The van der Waals surface area contributed by atoms with E-state index in [0.29, 0.717) is 5.39 Å². The summed E-state index contributed by atoms with van der Waals surface area (Å²) in [5.74, 6) is -1.05. The van der Waals surface area contributed by atoms with Crippen molar-refractivity contribution in [2.45, 2.75) is 0 Å². The van der Waals surface area contributed by atoms with Crippen molar-refractivity contribution in [1.82, 2.24) is 0 Å². The Hall–Kier alpha value is -2.35. The largest absolute Gasteiger partial charge is 0.478 e. The Morgan fingerprint density at radius 2 is 1.65 bits per heavy atom. The molecule has 17 heavy (non-hydrogen) atoms. The first-order chi connectivity index (χ1) is 8.66. The molecule has 0 heterocycles. The fraction of sp³-hybridized carbons (Fsp3) is 0. The fourth-order valence-corrected chi connectivity index (χ4v) is 2.08. The molecule has 3 rings (SSSR count). The van der Waals surface area contributed by atoms with Crippen LogP contribution in [0.2, 0.25) is 0 Å². The van der Waals surface area contributed by atoms with E-state index in [-0.39, 0.29) is 11.6 Å². The Balaban J connectivity index is 2.50. The van der Waals surface area contributed by atoms with E-state index in [1.54, 1.807) is 6.07 Å². The van der Waals surface area contributed by atoms with Crippen molar-refractivity contribution in [3.8, 4) is 0 Å². The van der Waals surface area contributed by atoms with Crippen LogP contribution in [-0.2, 0) is 0 Å². The van der Waals surface area contributed by atoms with E-state index >= 15 is 0 Å². The third kappa shape index (κ3) is 1.54. The number of carboxylic acid groups (broad SMARTS) is 1. The van der Waals surface area contributed by atoms with Gasteiger partial charge in [-0.2, -0.15) is 0 Å². The van der Waals surface area contributed by atoms with Crippen LogP contribution in [0, 0.1) is 0 Å². The lowest BCUT2D eigenvalue weighted by Gasteiger charge is -2.05. The Morgan fingerprint density at radius 1 is 1.00 bits per heavy atom. The zero-order chi connectivity index (χ0) is 12.7. The number of benzene rings is 3. The molecule has 0 aliphatic rings. The van der Waals surface area contributed by atoms with Gasteiger partial charge in [0.1, 0.15) is 0 Å². The molecular formula is C15H10O2. The van der Waals surface area contributed by atoms with Crippen molar-refractivity contribution < 1.29 is 11.3 Å². The monoisotopic (exact) mass is 223 g/mol. The second kappa shape index (κ2) is 3.59. The van der Waals surface area contributed by atoms with Gasteiger partial charge in [-0.3, -0.25) is 0 Å². The molecule has 82 valence electrons. The van der Waals surface area contributed by atoms with Crippen molar-refractivity contribution in [3.05, 3.63) is 60.1 Å². The van der Waals surface area contributed by atoms with Crippen molar-refractivity contribution in [2.24, 2.45) is 0 Å². The van der Waals surface area contributed by atoms with Gasteiger partial charge in [0.25, 0.3) is 0 Å². The molecule has 0 spiro atoms. The molecule has 3 aromatic carbocycles. The third-order valence-electron chi connectivity index (χ3n) is 2.89. The highest BCUT2D eigenvalue weighted by Gasteiger charge is 2.08. The van der Waals surface area contributed by atoms with Crippen LogP contribution in [0.4, 0.5) is 0 Å². The first kappa shape index (κ1) is 8.76. The molecule has 0 atom stereocenters. The normalized spacial score (nSPS) is 11.6. The van der Waals surface area contributed by atoms with Crippen LogP contribution in [0.3, 0.4) is 0 Å². The summed E-state index contributed by atoms with van der Waals surface area (Å²) >= 11 is 0. The SMILES string of the molecule is [2H]c1ccc2cc3ccccc3cc2c1C(=O)O. The summed E-state index contributed by atoms with van der Waals surface area (Å²) in [6.45, 7) is 0. The standard InChI is InChI=1S/C15H10O2/c16-15(17)13-7-3-6-12-8-10-4-1-2-5-11(10)9-14(12)13/h1-9H,(H,16,17)/i7D.